The van der Waals surface area contributed by atoms with Crippen molar-refractivity contribution in [3.63, 3.8) is 0 Å². The number of hydrogen-bond acceptors (Lipinski definition) is 5. The molecule has 2 rings (SSSR count). The van der Waals surface area contributed by atoms with Crippen molar-refractivity contribution in [1.29, 1.82) is 0 Å². The van der Waals surface area contributed by atoms with Crippen LogP contribution in [0.1, 0.15) is 19.3 Å². The van der Waals surface area contributed by atoms with Crippen LogP contribution in [0.3, 0.4) is 0 Å². The van der Waals surface area contributed by atoms with Crippen molar-refractivity contribution in [2.75, 3.05) is 18.6 Å². The SMILES string of the molecule is COc1cc(N2CCCCC2C(=O)O)c([N+](=O)[O-])cc1F. The minimum absolute atomic E-state index is 0.0744. The lowest BCUT2D eigenvalue weighted by molar-refractivity contribution is -0.384. The molecule has 1 N–H and O–H groups in total. The van der Waals surface area contributed by atoms with Crippen molar-refractivity contribution >= 4 is 17.3 Å². The maximum Gasteiger partial charge on any atom is 0.326 e. The Labute approximate surface area is 120 Å². The molecule has 1 aromatic rings. The number of nitro groups is 1. The standard InChI is InChI=1S/C13H15FN2O5/c1-21-12-7-10(11(16(19)20)6-8(12)14)15-5-3-2-4-9(15)13(17)18/h6-7,9H,2-5H2,1H3,(H,17,18). The molecule has 0 bridgehead atoms. The van der Waals surface area contributed by atoms with Gasteiger partial charge in [-0.1, -0.05) is 0 Å². The topological polar surface area (TPSA) is 92.9 Å². The normalized spacial score (nSPS) is 18.4. The van der Waals surface area contributed by atoms with Gasteiger partial charge >= 0.3 is 5.97 Å². The van der Waals surface area contributed by atoms with E-state index in [4.69, 9.17) is 4.74 Å². The van der Waals surface area contributed by atoms with Gasteiger partial charge in [0.2, 0.25) is 0 Å². The second kappa shape index (κ2) is 5.94. The summed E-state index contributed by atoms with van der Waals surface area (Å²) >= 11 is 0. The fourth-order valence-electron chi connectivity index (χ4n) is 2.54. The number of nitro benzene ring substituents is 1. The zero-order valence-corrected chi connectivity index (χ0v) is 11.4. The summed E-state index contributed by atoms with van der Waals surface area (Å²) in [5.41, 5.74) is -0.383. The number of halogens is 1. The lowest BCUT2D eigenvalue weighted by Crippen LogP contribution is -2.45. The number of nitrogens with zero attached hydrogens (tertiary/aromatic N) is 2. The maximum atomic E-state index is 13.6. The number of rotatable bonds is 4. The summed E-state index contributed by atoms with van der Waals surface area (Å²) < 4.78 is 18.5. The highest BCUT2D eigenvalue weighted by molar-refractivity contribution is 5.81. The Morgan fingerprint density at radius 2 is 2.24 bits per heavy atom. The second-order valence-corrected chi connectivity index (χ2v) is 4.78. The Bertz CT molecular complexity index is 578. The number of hydrogen-bond donors (Lipinski definition) is 1. The van der Waals surface area contributed by atoms with Crippen molar-refractivity contribution in [2.24, 2.45) is 0 Å². The van der Waals surface area contributed by atoms with E-state index in [-0.39, 0.29) is 11.4 Å². The molecule has 1 atom stereocenters. The first-order valence-corrected chi connectivity index (χ1v) is 6.47. The van der Waals surface area contributed by atoms with Crippen LogP contribution in [0.25, 0.3) is 0 Å². The average molecular weight is 298 g/mol. The Hall–Kier alpha value is -2.38. The van der Waals surface area contributed by atoms with Crippen molar-refractivity contribution in [3.8, 4) is 5.75 Å². The zero-order chi connectivity index (χ0) is 15.6. The number of methoxy groups -OCH3 is 1. The number of benzene rings is 1. The lowest BCUT2D eigenvalue weighted by Gasteiger charge is -2.34. The highest BCUT2D eigenvalue weighted by atomic mass is 19.1. The Morgan fingerprint density at radius 1 is 1.52 bits per heavy atom. The first-order chi connectivity index (χ1) is 9.95. The molecule has 1 fully saturated rings. The molecule has 1 aliphatic heterocycles. The first kappa shape index (κ1) is 15.0. The van der Waals surface area contributed by atoms with Crippen molar-refractivity contribution in [2.45, 2.75) is 25.3 Å². The van der Waals surface area contributed by atoms with E-state index in [2.05, 4.69) is 0 Å². The van der Waals surface area contributed by atoms with E-state index in [0.29, 0.717) is 13.0 Å². The molecule has 0 saturated carbocycles. The number of ether oxygens (including phenoxy) is 1. The van der Waals surface area contributed by atoms with Gasteiger partial charge in [-0.2, -0.15) is 0 Å². The van der Waals surface area contributed by atoms with Gasteiger partial charge in [0.25, 0.3) is 5.69 Å². The van der Waals surface area contributed by atoms with Crippen LogP contribution in [0.15, 0.2) is 12.1 Å². The minimum atomic E-state index is -1.05. The smallest absolute Gasteiger partial charge is 0.326 e. The van der Waals surface area contributed by atoms with E-state index >= 15 is 0 Å². The molecule has 1 aliphatic rings. The number of carboxylic acid groups (broad SMARTS) is 1. The number of carboxylic acids is 1. The molecule has 21 heavy (non-hydrogen) atoms. The van der Waals surface area contributed by atoms with Gasteiger partial charge in [-0.3, -0.25) is 10.1 Å². The van der Waals surface area contributed by atoms with Gasteiger partial charge in [-0.05, 0) is 19.3 Å². The molecule has 0 aromatic heterocycles. The quantitative estimate of drug-likeness (QED) is 0.676. The fraction of sp³-hybridized carbons (Fsp3) is 0.462. The van der Waals surface area contributed by atoms with Crippen LogP contribution < -0.4 is 9.64 Å². The summed E-state index contributed by atoms with van der Waals surface area (Å²) in [6.45, 7) is 0.368. The van der Waals surface area contributed by atoms with Gasteiger partial charge in [0, 0.05) is 12.6 Å². The molecule has 8 heteroatoms. The summed E-state index contributed by atoms with van der Waals surface area (Å²) in [5, 5.41) is 20.4. The van der Waals surface area contributed by atoms with Crippen LogP contribution in [0, 0.1) is 15.9 Å². The first-order valence-electron chi connectivity index (χ1n) is 6.47. The van der Waals surface area contributed by atoms with E-state index in [1.54, 1.807) is 0 Å². The highest BCUT2D eigenvalue weighted by Crippen LogP contribution is 2.37. The van der Waals surface area contributed by atoms with Gasteiger partial charge in [0.15, 0.2) is 11.6 Å². The van der Waals surface area contributed by atoms with Gasteiger partial charge in [-0.15, -0.1) is 0 Å². The van der Waals surface area contributed by atoms with Crippen LogP contribution in [-0.4, -0.2) is 35.7 Å². The lowest BCUT2D eigenvalue weighted by atomic mass is 10.0. The van der Waals surface area contributed by atoms with Crippen LogP contribution in [0.5, 0.6) is 5.75 Å². The third-order valence-corrected chi connectivity index (χ3v) is 3.54. The predicted octanol–water partition coefficient (Wildman–Crippen LogP) is 2.19. The Balaban J connectivity index is 2.53. The molecule has 1 saturated heterocycles. The van der Waals surface area contributed by atoms with Crippen molar-refractivity contribution in [1.82, 2.24) is 0 Å². The summed E-state index contributed by atoms with van der Waals surface area (Å²) in [6, 6.07) is 1.10. The van der Waals surface area contributed by atoms with Gasteiger partial charge < -0.3 is 14.7 Å². The maximum absolute atomic E-state index is 13.6. The summed E-state index contributed by atoms with van der Waals surface area (Å²) in [6.07, 6.45) is 1.85. The second-order valence-electron chi connectivity index (χ2n) is 4.78. The Kier molecular flexibility index (Phi) is 4.25. The van der Waals surface area contributed by atoms with E-state index in [1.165, 1.54) is 18.1 Å². The zero-order valence-electron chi connectivity index (χ0n) is 11.4. The Morgan fingerprint density at radius 3 is 2.81 bits per heavy atom. The monoisotopic (exact) mass is 298 g/mol. The number of carbonyl (C=O) groups is 1. The summed E-state index contributed by atoms with van der Waals surface area (Å²) in [4.78, 5) is 23.2. The molecule has 0 aliphatic carbocycles. The third-order valence-electron chi connectivity index (χ3n) is 3.54. The van der Waals surface area contributed by atoms with E-state index in [9.17, 15) is 24.4 Å². The summed E-state index contributed by atoms with van der Waals surface area (Å²) in [5.74, 6) is -2.05. The van der Waals surface area contributed by atoms with E-state index in [1.807, 2.05) is 0 Å². The molecule has 0 amide bonds. The third kappa shape index (κ3) is 2.88. The van der Waals surface area contributed by atoms with Gasteiger partial charge in [0.1, 0.15) is 11.7 Å². The number of piperidine rings is 1. The molecule has 1 heterocycles. The van der Waals surface area contributed by atoms with Crippen LogP contribution >= 0.6 is 0 Å². The van der Waals surface area contributed by atoms with E-state index < -0.39 is 28.4 Å². The highest BCUT2D eigenvalue weighted by Gasteiger charge is 2.33. The predicted molar refractivity (Wildman–Crippen MR) is 72.2 cm³/mol. The molecule has 1 unspecified atom stereocenters. The molecule has 114 valence electrons. The summed E-state index contributed by atoms with van der Waals surface area (Å²) in [7, 11) is 1.25. The van der Waals surface area contributed by atoms with E-state index in [0.717, 1.165) is 18.9 Å². The molecule has 1 aromatic carbocycles. The van der Waals surface area contributed by atoms with Crippen molar-refractivity contribution in [3.05, 3.63) is 28.1 Å². The number of aliphatic carboxylic acids is 1. The molecule has 7 nitrogen and oxygen atoms in total. The van der Waals surface area contributed by atoms with Crippen LogP contribution in [0.4, 0.5) is 15.8 Å². The molecular formula is C13H15FN2O5. The van der Waals surface area contributed by atoms with Crippen molar-refractivity contribution < 1.29 is 24.0 Å². The average Bonchev–Trinajstić information content (AvgIpc) is 2.46. The fourth-order valence-corrected chi connectivity index (χ4v) is 2.54. The molecule has 0 radical (unpaired) electrons. The van der Waals surface area contributed by atoms with Gasteiger partial charge in [0.05, 0.1) is 18.1 Å². The van der Waals surface area contributed by atoms with Gasteiger partial charge in [-0.25, -0.2) is 9.18 Å². The largest absolute Gasteiger partial charge is 0.494 e. The number of anilines is 1. The van der Waals surface area contributed by atoms with Crippen LogP contribution in [-0.2, 0) is 4.79 Å². The minimum Gasteiger partial charge on any atom is -0.494 e. The molecular weight excluding hydrogens is 283 g/mol. The molecule has 0 spiro atoms. The van der Waals surface area contributed by atoms with Crippen LogP contribution in [0.2, 0.25) is 0 Å².